The van der Waals surface area contributed by atoms with Crippen molar-refractivity contribution in [3.63, 3.8) is 0 Å². The second-order valence-corrected chi connectivity index (χ2v) is 6.09. The highest BCUT2D eigenvalue weighted by Crippen LogP contribution is 2.25. The lowest BCUT2D eigenvalue weighted by Gasteiger charge is -2.29. The summed E-state index contributed by atoms with van der Waals surface area (Å²) in [5.74, 6) is -1.59. The first-order valence-electron chi connectivity index (χ1n) is 6.84. The molecule has 0 bridgehead atoms. The van der Waals surface area contributed by atoms with Crippen LogP contribution in [0.4, 0.5) is 8.78 Å². The normalized spacial score (nSPS) is 23.8. The Balaban J connectivity index is 2.02. The molecule has 0 radical (unpaired) electrons. The summed E-state index contributed by atoms with van der Waals surface area (Å²) in [5, 5.41) is 3.46. The van der Waals surface area contributed by atoms with Gasteiger partial charge in [0.25, 0.3) is 0 Å². The Labute approximate surface area is 113 Å². The Kier molecular flexibility index (Phi) is 4.21. The molecule has 106 valence electrons. The van der Waals surface area contributed by atoms with Gasteiger partial charge in [0.2, 0.25) is 0 Å². The molecule has 19 heavy (non-hydrogen) atoms. The standard InChI is InChI=1S/C15H22F2N2/c1-15(2,9-19-14-5-3-4-13(14)18)10-6-7-11(16)12(17)8-10/h6-8,13-14,19H,3-5,9,18H2,1-2H3. The van der Waals surface area contributed by atoms with Crippen LogP contribution in [-0.4, -0.2) is 18.6 Å². The molecule has 3 N–H and O–H groups in total. The average molecular weight is 268 g/mol. The van der Waals surface area contributed by atoms with Crippen molar-refractivity contribution < 1.29 is 8.78 Å². The zero-order chi connectivity index (χ0) is 14.0. The van der Waals surface area contributed by atoms with Crippen molar-refractivity contribution >= 4 is 0 Å². The van der Waals surface area contributed by atoms with E-state index in [4.69, 9.17) is 5.73 Å². The van der Waals surface area contributed by atoms with Gasteiger partial charge in [-0.3, -0.25) is 0 Å². The molecule has 0 amide bonds. The van der Waals surface area contributed by atoms with Crippen molar-refractivity contribution in [1.29, 1.82) is 0 Å². The fourth-order valence-electron chi connectivity index (χ4n) is 2.65. The molecule has 0 aromatic heterocycles. The van der Waals surface area contributed by atoms with E-state index in [0.717, 1.165) is 24.8 Å². The third-order valence-electron chi connectivity index (χ3n) is 4.08. The molecule has 4 heteroatoms. The Morgan fingerprint density at radius 2 is 2.00 bits per heavy atom. The lowest BCUT2D eigenvalue weighted by atomic mass is 9.84. The van der Waals surface area contributed by atoms with E-state index in [1.165, 1.54) is 12.1 Å². The molecule has 1 aliphatic rings. The Morgan fingerprint density at radius 1 is 1.26 bits per heavy atom. The number of nitrogens with one attached hydrogen (secondary N) is 1. The Bertz CT molecular complexity index is 446. The van der Waals surface area contributed by atoms with Gasteiger partial charge in [-0.2, -0.15) is 0 Å². The fourth-order valence-corrected chi connectivity index (χ4v) is 2.65. The summed E-state index contributed by atoms with van der Waals surface area (Å²) in [6.45, 7) is 4.75. The molecule has 1 aromatic rings. The molecule has 0 saturated heterocycles. The van der Waals surface area contributed by atoms with Crippen LogP contribution < -0.4 is 11.1 Å². The van der Waals surface area contributed by atoms with E-state index in [-0.39, 0.29) is 11.5 Å². The van der Waals surface area contributed by atoms with E-state index in [1.54, 1.807) is 6.07 Å². The van der Waals surface area contributed by atoms with Crippen LogP contribution in [-0.2, 0) is 5.41 Å². The van der Waals surface area contributed by atoms with Crippen molar-refractivity contribution in [3.05, 3.63) is 35.4 Å². The summed E-state index contributed by atoms with van der Waals surface area (Å²) >= 11 is 0. The Morgan fingerprint density at radius 3 is 2.58 bits per heavy atom. The maximum atomic E-state index is 13.3. The largest absolute Gasteiger partial charge is 0.326 e. The maximum Gasteiger partial charge on any atom is 0.159 e. The van der Waals surface area contributed by atoms with Crippen LogP contribution >= 0.6 is 0 Å². The summed E-state index contributed by atoms with van der Waals surface area (Å²) in [6.07, 6.45) is 3.31. The van der Waals surface area contributed by atoms with Crippen LogP contribution in [0.5, 0.6) is 0 Å². The topological polar surface area (TPSA) is 38.0 Å². The molecule has 2 atom stereocenters. The molecule has 0 spiro atoms. The van der Waals surface area contributed by atoms with E-state index in [9.17, 15) is 8.78 Å². The van der Waals surface area contributed by atoms with Gasteiger partial charge in [-0.05, 0) is 30.5 Å². The molecule has 0 aliphatic heterocycles. The number of rotatable bonds is 4. The maximum absolute atomic E-state index is 13.3. The van der Waals surface area contributed by atoms with Crippen LogP contribution in [0.25, 0.3) is 0 Å². The molecule has 2 unspecified atom stereocenters. The number of benzene rings is 1. The van der Waals surface area contributed by atoms with Crippen molar-refractivity contribution in [2.24, 2.45) is 5.73 Å². The van der Waals surface area contributed by atoms with E-state index in [1.807, 2.05) is 13.8 Å². The summed E-state index contributed by atoms with van der Waals surface area (Å²) in [6, 6.07) is 4.67. The lowest BCUT2D eigenvalue weighted by Crippen LogP contribution is -2.45. The second kappa shape index (κ2) is 5.55. The number of hydrogen-bond donors (Lipinski definition) is 2. The molecule has 1 aromatic carbocycles. The van der Waals surface area contributed by atoms with Gasteiger partial charge in [-0.25, -0.2) is 8.78 Å². The van der Waals surface area contributed by atoms with Gasteiger partial charge < -0.3 is 11.1 Å². The minimum Gasteiger partial charge on any atom is -0.326 e. The summed E-state index contributed by atoms with van der Waals surface area (Å²) in [5.41, 5.74) is 6.56. The highest BCUT2D eigenvalue weighted by Gasteiger charge is 2.27. The molecule has 1 aliphatic carbocycles. The van der Waals surface area contributed by atoms with Crippen molar-refractivity contribution in [2.45, 2.75) is 50.6 Å². The predicted octanol–water partition coefficient (Wildman–Crippen LogP) is 2.71. The van der Waals surface area contributed by atoms with Gasteiger partial charge in [0.1, 0.15) is 0 Å². The van der Waals surface area contributed by atoms with Gasteiger partial charge in [0, 0.05) is 24.0 Å². The minimum absolute atomic E-state index is 0.209. The molecule has 1 saturated carbocycles. The monoisotopic (exact) mass is 268 g/mol. The van der Waals surface area contributed by atoms with Gasteiger partial charge in [0.05, 0.1) is 0 Å². The van der Waals surface area contributed by atoms with Gasteiger partial charge in [0.15, 0.2) is 11.6 Å². The van der Waals surface area contributed by atoms with Crippen LogP contribution in [0.1, 0.15) is 38.7 Å². The first kappa shape index (κ1) is 14.4. The third-order valence-corrected chi connectivity index (χ3v) is 4.08. The average Bonchev–Trinajstić information content (AvgIpc) is 2.76. The first-order chi connectivity index (χ1) is 8.90. The van der Waals surface area contributed by atoms with E-state index in [0.29, 0.717) is 12.6 Å². The fraction of sp³-hybridized carbons (Fsp3) is 0.600. The predicted molar refractivity (Wildman–Crippen MR) is 73.0 cm³/mol. The van der Waals surface area contributed by atoms with E-state index >= 15 is 0 Å². The molecule has 1 fully saturated rings. The SMILES string of the molecule is CC(C)(CNC1CCCC1N)c1ccc(F)c(F)c1. The van der Waals surface area contributed by atoms with Crippen molar-refractivity contribution in [2.75, 3.05) is 6.54 Å². The first-order valence-corrected chi connectivity index (χ1v) is 6.84. The van der Waals surface area contributed by atoms with E-state index in [2.05, 4.69) is 5.32 Å². The van der Waals surface area contributed by atoms with Gasteiger partial charge >= 0.3 is 0 Å². The van der Waals surface area contributed by atoms with Crippen LogP contribution in [0.3, 0.4) is 0 Å². The highest BCUT2D eigenvalue weighted by molar-refractivity contribution is 5.25. The van der Waals surface area contributed by atoms with Gasteiger partial charge in [-0.15, -0.1) is 0 Å². The molecule has 2 nitrogen and oxygen atoms in total. The third kappa shape index (κ3) is 3.31. The van der Waals surface area contributed by atoms with Crippen LogP contribution in [0.2, 0.25) is 0 Å². The number of hydrogen-bond acceptors (Lipinski definition) is 2. The molecule has 0 heterocycles. The summed E-state index contributed by atoms with van der Waals surface area (Å²) < 4.78 is 26.3. The highest BCUT2D eigenvalue weighted by atomic mass is 19.2. The quantitative estimate of drug-likeness (QED) is 0.881. The summed E-state index contributed by atoms with van der Waals surface area (Å²) in [7, 11) is 0. The minimum atomic E-state index is -0.801. The van der Waals surface area contributed by atoms with Crippen LogP contribution in [0, 0.1) is 11.6 Å². The molecule has 2 rings (SSSR count). The number of nitrogens with two attached hydrogens (primary N) is 1. The summed E-state index contributed by atoms with van der Waals surface area (Å²) in [4.78, 5) is 0. The molecular weight excluding hydrogens is 246 g/mol. The van der Waals surface area contributed by atoms with Crippen molar-refractivity contribution in [3.8, 4) is 0 Å². The second-order valence-electron chi connectivity index (χ2n) is 6.09. The van der Waals surface area contributed by atoms with Crippen LogP contribution in [0.15, 0.2) is 18.2 Å². The zero-order valence-electron chi connectivity index (χ0n) is 11.5. The van der Waals surface area contributed by atoms with Crippen molar-refractivity contribution in [1.82, 2.24) is 5.32 Å². The van der Waals surface area contributed by atoms with Gasteiger partial charge in [-0.1, -0.05) is 26.3 Å². The zero-order valence-corrected chi connectivity index (χ0v) is 11.5. The smallest absolute Gasteiger partial charge is 0.159 e. The van der Waals surface area contributed by atoms with E-state index < -0.39 is 11.6 Å². The lowest BCUT2D eigenvalue weighted by molar-refractivity contribution is 0.397. The molecular formula is C15H22F2N2. The number of halogens is 2. The Hall–Kier alpha value is -1.00.